The quantitative estimate of drug-likeness (QED) is 0.852. The Morgan fingerprint density at radius 1 is 1.35 bits per heavy atom. The van der Waals surface area contributed by atoms with E-state index < -0.39 is 12.1 Å². The van der Waals surface area contributed by atoms with Gasteiger partial charge < -0.3 is 14.7 Å². The largest absolute Gasteiger partial charge is 0.465 e. The van der Waals surface area contributed by atoms with E-state index in [1.807, 2.05) is 6.07 Å². The van der Waals surface area contributed by atoms with Crippen molar-refractivity contribution in [1.82, 2.24) is 4.90 Å². The first kappa shape index (κ1) is 14.7. The first-order chi connectivity index (χ1) is 9.52. The fourth-order valence-corrected chi connectivity index (χ4v) is 2.73. The molecule has 1 aromatic carbocycles. The number of piperidine rings is 1. The second-order valence-corrected chi connectivity index (χ2v) is 5.20. The monoisotopic (exact) mass is 297 g/mol. The number of benzene rings is 1. The van der Waals surface area contributed by atoms with Crippen molar-refractivity contribution >= 4 is 23.7 Å². The van der Waals surface area contributed by atoms with Gasteiger partial charge in [-0.1, -0.05) is 17.7 Å². The number of halogens is 1. The standard InChI is InChI=1S/C14H16ClNO4/c1-20-13(17)12-8-10(15)2-3-11(12)9-4-6-16(7-5-9)14(18)19/h2-3,8-9H,4-7H2,1H3,(H,18,19). The maximum atomic E-state index is 11.8. The maximum Gasteiger partial charge on any atom is 0.407 e. The Balaban J connectivity index is 2.21. The van der Waals surface area contributed by atoms with E-state index in [-0.39, 0.29) is 5.92 Å². The highest BCUT2D eigenvalue weighted by molar-refractivity contribution is 6.31. The Hall–Kier alpha value is -1.75. The number of nitrogens with zero attached hydrogens (tertiary/aromatic N) is 1. The van der Waals surface area contributed by atoms with Crippen LogP contribution in [0.1, 0.15) is 34.7 Å². The molecule has 1 heterocycles. The van der Waals surface area contributed by atoms with Gasteiger partial charge in [-0.25, -0.2) is 9.59 Å². The highest BCUT2D eigenvalue weighted by Crippen LogP contribution is 2.32. The summed E-state index contributed by atoms with van der Waals surface area (Å²) in [5.41, 5.74) is 1.35. The van der Waals surface area contributed by atoms with Crippen molar-refractivity contribution in [3.8, 4) is 0 Å². The van der Waals surface area contributed by atoms with E-state index in [9.17, 15) is 9.59 Å². The molecule has 0 radical (unpaired) electrons. The molecule has 2 rings (SSSR count). The molecule has 1 N–H and O–H groups in total. The second kappa shape index (κ2) is 6.13. The Morgan fingerprint density at radius 3 is 2.55 bits per heavy atom. The van der Waals surface area contributed by atoms with Crippen molar-refractivity contribution < 1.29 is 19.4 Å². The van der Waals surface area contributed by atoms with E-state index >= 15 is 0 Å². The number of esters is 1. The van der Waals surface area contributed by atoms with Gasteiger partial charge in [-0.15, -0.1) is 0 Å². The number of amides is 1. The smallest absolute Gasteiger partial charge is 0.407 e. The number of carbonyl (C=O) groups is 2. The molecular formula is C14H16ClNO4. The summed E-state index contributed by atoms with van der Waals surface area (Å²) in [6, 6.07) is 5.18. The minimum absolute atomic E-state index is 0.150. The Labute approximate surface area is 122 Å². The molecule has 1 fully saturated rings. The van der Waals surface area contributed by atoms with E-state index in [2.05, 4.69) is 0 Å². The van der Waals surface area contributed by atoms with E-state index in [0.29, 0.717) is 36.5 Å². The van der Waals surface area contributed by atoms with Crippen molar-refractivity contribution in [3.05, 3.63) is 34.3 Å². The summed E-state index contributed by atoms with van der Waals surface area (Å²) in [4.78, 5) is 24.1. The third-order valence-corrected chi connectivity index (χ3v) is 3.86. The molecule has 0 bridgehead atoms. The normalized spacial score (nSPS) is 16.0. The van der Waals surface area contributed by atoms with E-state index in [0.717, 1.165) is 5.56 Å². The van der Waals surface area contributed by atoms with Gasteiger partial charge in [-0.05, 0) is 36.5 Å². The zero-order valence-electron chi connectivity index (χ0n) is 11.1. The van der Waals surface area contributed by atoms with Gasteiger partial charge in [-0.2, -0.15) is 0 Å². The predicted octanol–water partition coefficient (Wildman–Crippen LogP) is 2.98. The molecule has 20 heavy (non-hydrogen) atoms. The number of carbonyl (C=O) groups excluding carboxylic acids is 1. The van der Waals surface area contributed by atoms with Gasteiger partial charge in [0, 0.05) is 18.1 Å². The lowest BCUT2D eigenvalue weighted by Crippen LogP contribution is -2.37. The summed E-state index contributed by atoms with van der Waals surface area (Å²) >= 11 is 5.93. The molecule has 1 saturated heterocycles. The highest BCUT2D eigenvalue weighted by Gasteiger charge is 2.26. The van der Waals surface area contributed by atoms with Crippen molar-refractivity contribution in [1.29, 1.82) is 0 Å². The lowest BCUT2D eigenvalue weighted by atomic mass is 9.86. The first-order valence-corrected chi connectivity index (χ1v) is 6.76. The summed E-state index contributed by atoms with van der Waals surface area (Å²) < 4.78 is 4.78. The van der Waals surface area contributed by atoms with Gasteiger partial charge in [0.15, 0.2) is 0 Å². The van der Waals surface area contributed by atoms with Crippen LogP contribution >= 0.6 is 11.6 Å². The molecule has 1 aromatic rings. The number of hydrogen-bond acceptors (Lipinski definition) is 3. The molecule has 5 nitrogen and oxygen atoms in total. The molecule has 0 spiro atoms. The van der Waals surface area contributed by atoms with Crippen molar-refractivity contribution in [2.75, 3.05) is 20.2 Å². The minimum Gasteiger partial charge on any atom is -0.465 e. The number of carboxylic acid groups (broad SMARTS) is 1. The highest BCUT2D eigenvalue weighted by atomic mass is 35.5. The zero-order valence-corrected chi connectivity index (χ0v) is 11.9. The molecule has 1 aliphatic heterocycles. The molecule has 0 atom stereocenters. The molecule has 108 valence electrons. The number of rotatable bonds is 2. The van der Waals surface area contributed by atoms with Crippen LogP contribution in [0.2, 0.25) is 5.02 Å². The number of ether oxygens (including phenoxy) is 1. The van der Waals surface area contributed by atoms with Crippen LogP contribution in [0, 0.1) is 0 Å². The van der Waals surface area contributed by atoms with E-state index in [1.165, 1.54) is 12.0 Å². The van der Waals surface area contributed by atoms with E-state index in [4.69, 9.17) is 21.4 Å². The molecule has 1 amide bonds. The summed E-state index contributed by atoms with van der Waals surface area (Å²) in [7, 11) is 1.33. The second-order valence-electron chi connectivity index (χ2n) is 4.77. The van der Waals surface area contributed by atoms with Crippen LogP contribution in [0.4, 0.5) is 4.79 Å². The van der Waals surface area contributed by atoms with Crippen molar-refractivity contribution in [3.63, 3.8) is 0 Å². The van der Waals surface area contributed by atoms with Crippen LogP contribution in [0.3, 0.4) is 0 Å². The van der Waals surface area contributed by atoms with Gasteiger partial charge in [0.25, 0.3) is 0 Å². The number of methoxy groups -OCH3 is 1. The van der Waals surface area contributed by atoms with E-state index in [1.54, 1.807) is 12.1 Å². The maximum absolute atomic E-state index is 11.8. The van der Waals surface area contributed by atoms with Crippen LogP contribution in [0.5, 0.6) is 0 Å². The Bertz CT molecular complexity index is 524. The summed E-state index contributed by atoms with van der Waals surface area (Å²) in [6.07, 6.45) is 0.489. The van der Waals surface area contributed by atoms with Gasteiger partial charge in [0.05, 0.1) is 12.7 Å². The van der Waals surface area contributed by atoms with Crippen LogP contribution in [-0.2, 0) is 4.74 Å². The lowest BCUT2D eigenvalue weighted by molar-refractivity contribution is 0.0597. The molecule has 1 aliphatic rings. The summed E-state index contributed by atoms with van der Waals surface area (Å²) in [5, 5.41) is 9.43. The summed E-state index contributed by atoms with van der Waals surface area (Å²) in [5.74, 6) is -0.264. The summed E-state index contributed by atoms with van der Waals surface area (Å²) in [6.45, 7) is 0.951. The van der Waals surface area contributed by atoms with Crippen LogP contribution in [0.25, 0.3) is 0 Å². The van der Waals surface area contributed by atoms with Crippen LogP contribution < -0.4 is 0 Å². The minimum atomic E-state index is -0.896. The number of hydrogen-bond donors (Lipinski definition) is 1. The van der Waals surface area contributed by atoms with Crippen molar-refractivity contribution in [2.24, 2.45) is 0 Å². The van der Waals surface area contributed by atoms with Crippen molar-refractivity contribution in [2.45, 2.75) is 18.8 Å². The molecule has 0 aliphatic carbocycles. The third kappa shape index (κ3) is 3.04. The van der Waals surface area contributed by atoms with Gasteiger partial charge in [0.1, 0.15) is 0 Å². The zero-order chi connectivity index (χ0) is 14.7. The SMILES string of the molecule is COC(=O)c1cc(Cl)ccc1C1CCN(C(=O)O)CC1. The van der Waals surface area contributed by atoms with Crippen LogP contribution in [-0.4, -0.2) is 42.3 Å². The fourth-order valence-electron chi connectivity index (χ4n) is 2.55. The van der Waals surface area contributed by atoms with Gasteiger partial charge in [0.2, 0.25) is 0 Å². The van der Waals surface area contributed by atoms with Crippen LogP contribution in [0.15, 0.2) is 18.2 Å². The fraction of sp³-hybridized carbons (Fsp3) is 0.429. The molecule has 0 saturated carbocycles. The first-order valence-electron chi connectivity index (χ1n) is 6.38. The molecular weight excluding hydrogens is 282 g/mol. The molecule has 0 unspecified atom stereocenters. The topological polar surface area (TPSA) is 66.8 Å². The average Bonchev–Trinajstić information content (AvgIpc) is 2.46. The lowest BCUT2D eigenvalue weighted by Gasteiger charge is -2.31. The molecule has 6 heteroatoms. The predicted molar refractivity (Wildman–Crippen MR) is 74.4 cm³/mol. The average molecular weight is 298 g/mol. The third-order valence-electron chi connectivity index (χ3n) is 3.63. The van der Waals surface area contributed by atoms with Gasteiger partial charge in [-0.3, -0.25) is 0 Å². The Morgan fingerprint density at radius 2 is 2.00 bits per heavy atom. The van der Waals surface area contributed by atoms with Gasteiger partial charge >= 0.3 is 12.1 Å². The molecule has 0 aromatic heterocycles. The Kier molecular flexibility index (Phi) is 4.49. The number of likely N-dealkylation sites (tertiary alicyclic amines) is 1.